The van der Waals surface area contributed by atoms with Gasteiger partial charge in [-0.05, 0) is 61.9 Å². The molecule has 16 heavy (non-hydrogen) atoms. The fourth-order valence-electron chi connectivity index (χ4n) is 2.15. The van der Waals surface area contributed by atoms with E-state index >= 15 is 0 Å². The average molecular weight is 284 g/mol. The normalized spacial score (nSPS) is 15.1. The van der Waals surface area contributed by atoms with Crippen LogP contribution < -0.4 is 10.5 Å². The Labute approximate surface area is 105 Å². The second-order valence-corrected chi connectivity index (χ2v) is 5.17. The maximum Gasteiger partial charge on any atom is 0.125 e. The summed E-state index contributed by atoms with van der Waals surface area (Å²) in [4.78, 5) is 0. The molecule has 0 saturated heterocycles. The van der Waals surface area contributed by atoms with Crippen molar-refractivity contribution in [3.8, 4) is 5.75 Å². The van der Waals surface area contributed by atoms with Crippen LogP contribution >= 0.6 is 15.9 Å². The van der Waals surface area contributed by atoms with Crippen LogP contribution in [0, 0.1) is 0 Å². The first-order valence-electron chi connectivity index (χ1n) is 5.95. The zero-order valence-electron chi connectivity index (χ0n) is 9.47. The number of nitrogens with two attached hydrogens (primary N) is 1. The summed E-state index contributed by atoms with van der Waals surface area (Å²) >= 11 is 3.57. The van der Waals surface area contributed by atoms with Crippen LogP contribution in [0.3, 0.4) is 0 Å². The number of hydrogen-bond donors (Lipinski definition) is 1. The molecule has 2 rings (SSSR count). The highest BCUT2D eigenvalue weighted by atomic mass is 79.9. The van der Waals surface area contributed by atoms with E-state index in [1.165, 1.54) is 17.5 Å². The summed E-state index contributed by atoms with van der Waals surface area (Å²) in [5.41, 5.74) is 8.22. The van der Waals surface area contributed by atoms with E-state index in [0.717, 1.165) is 49.1 Å². The van der Waals surface area contributed by atoms with E-state index < -0.39 is 0 Å². The predicted molar refractivity (Wildman–Crippen MR) is 70.0 cm³/mol. The molecule has 1 aromatic carbocycles. The topological polar surface area (TPSA) is 35.2 Å². The van der Waals surface area contributed by atoms with E-state index in [1.807, 2.05) is 0 Å². The Morgan fingerprint density at radius 1 is 1.31 bits per heavy atom. The number of aryl methyl sites for hydroxylation is 2. The number of fused-ring (bicyclic) bond motifs is 1. The second kappa shape index (κ2) is 5.69. The molecule has 0 aliphatic carbocycles. The van der Waals surface area contributed by atoms with E-state index in [2.05, 4.69) is 28.1 Å². The van der Waals surface area contributed by atoms with Crippen molar-refractivity contribution >= 4 is 15.9 Å². The second-order valence-electron chi connectivity index (χ2n) is 4.25. The summed E-state index contributed by atoms with van der Waals surface area (Å²) < 4.78 is 7.03. The van der Waals surface area contributed by atoms with Crippen LogP contribution in [0.2, 0.25) is 0 Å². The molecule has 1 aromatic rings. The number of rotatable bonds is 3. The van der Waals surface area contributed by atoms with Gasteiger partial charge in [0.25, 0.3) is 0 Å². The van der Waals surface area contributed by atoms with Gasteiger partial charge in [-0.3, -0.25) is 0 Å². The van der Waals surface area contributed by atoms with Gasteiger partial charge < -0.3 is 10.5 Å². The molecule has 88 valence electrons. The molecule has 0 amide bonds. The maximum atomic E-state index is 5.87. The molecule has 0 radical (unpaired) electrons. The SMILES string of the molecule is NCCCc1cc(Br)cc2c1OCCCC2. The molecule has 2 N–H and O–H groups in total. The van der Waals surface area contributed by atoms with Crippen molar-refractivity contribution in [3.05, 3.63) is 27.7 Å². The maximum absolute atomic E-state index is 5.87. The highest BCUT2D eigenvalue weighted by molar-refractivity contribution is 9.10. The minimum Gasteiger partial charge on any atom is -0.493 e. The van der Waals surface area contributed by atoms with Crippen molar-refractivity contribution in [1.29, 1.82) is 0 Å². The van der Waals surface area contributed by atoms with Gasteiger partial charge in [0, 0.05) is 4.47 Å². The summed E-state index contributed by atoms with van der Waals surface area (Å²) in [6, 6.07) is 4.35. The summed E-state index contributed by atoms with van der Waals surface area (Å²) in [5, 5.41) is 0. The average Bonchev–Trinajstić information content (AvgIpc) is 2.50. The molecule has 3 heteroatoms. The van der Waals surface area contributed by atoms with Crippen LogP contribution in [0.5, 0.6) is 5.75 Å². The van der Waals surface area contributed by atoms with E-state index in [9.17, 15) is 0 Å². The Kier molecular flexibility index (Phi) is 4.24. The monoisotopic (exact) mass is 283 g/mol. The molecular formula is C13H18BrNO. The number of halogens is 1. The smallest absolute Gasteiger partial charge is 0.125 e. The first-order chi connectivity index (χ1) is 7.81. The van der Waals surface area contributed by atoms with Crippen LogP contribution in [-0.4, -0.2) is 13.2 Å². The van der Waals surface area contributed by atoms with Crippen LogP contribution in [-0.2, 0) is 12.8 Å². The standard InChI is InChI=1S/C13H18BrNO/c14-12-8-10-4-1-2-7-16-13(10)11(9-12)5-3-6-15/h8-9H,1-7,15H2. The van der Waals surface area contributed by atoms with Crippen molar-refractivity contribution in [2.45, 2.75) is 32.1 Å². The molecule has 0 aromatic heterocycles. The first-order valence-corrected chi connectivity index (χ1v) is 6.74. The van der Waals surface area contributed by atoms with E-state index in [0.29, 0.717) is 0 Å². The molecule has 1 aliphatic rings. The summed E-state index contributed by atoms with van der Waals surface area (Å²) in [6.45, 7) is 1.59. The molecule has 1 heterocycles. The van der Waals surface area contributed by atoms with Crippen molar-refractivity contribution in [2.75, 3.05) is 13.2 Å². The van der Waals surface area contributed by atoms with Crippen molar-refractivity contribution in [1.82, 2.24) is 0 Å². The van der Waals surface area contributed by atoms with E-state index in [4.69, 9.17) is 10.5 Å². The third-order valence-electron chi connectivity index (χ3n) is 2.94. The van der Waals surface area contributed by atoms with Gasteiger partial charge in [-0.15, -0.1) is 0 Å². The summed E-state index contributed by atoms with van der Waals surface area (Å²) in [5.74, 6) is 1.12. The van der Waals surface area contributed by atoms with Crippen LogP contribution in [0.4, 0.5) is 0 Å². The third-order valence-corrected chi connectivity index (χ3v) is 3.40. The van der Waals surface area contributed by atoms with Gasteiger partial charge in [0.15, 0.2) is 0 Å². The lowest BCUT2D eigenvalue weighted by Gasteiger charge is -2.13. The lowest BCUT2D eigenvalue weighted by atomic mass is 10.0. The van der Waals surface area contributed by atoms with Gasteiger partial charge in [-0.25, -0.2) is 0 Å². The quantitative estimate of drug-likeness (QED) is 0.926. The lowest BCUT2D eigenvalue weighted by molar-refractivity contribution is 0.313. The lowest BCUT2D eigenvalue weighted by Crippen LogP contribution is -2.04. The Hall–Kier alpha value is -0.540. The van der Waals surface area contributed by atoms with Crippen LogP contribution in [0.15, 0.2) is 16.6 Å². The Bertz CT molecular complexity index is 365. The zero-order chi connectivity index (χ0) is 11.4. The minimum atomic E-state index is 0.737. The Morgan fingerprint density at radius 3 is 3.00 bits per heavy atom. The van der Waals surface area contributed by atoms with Gasteiger partial charge in [0.1, 0.15) is 5.75 Å². The fourth-order valence-corrected chi connectivity index (χ4v) is 2.71. The van der Waals surface area contributed by atoms with E-state index in [-0.39, 0.29) is 0 Å². The molecule has 1 aliphatic heterocycles. The third kappa shape index (κ3) is 2.77. The van der Waals surface area contributed by atoms with Crippen molar-refractivity contribution in [2.24, 2.45) is 5.73 Å². The highest BCUT2D eigenvalue weighted by Gasteiger charge is 2.14. The highest BCUT2D eigenvalue weighted by Crippen LogP contribution is 2.32. The van der Waals surface area contributed by atoms with Crippen LogP contribution in [0.25, 0.3) is 0 Å². The molecule has 0 spiro atoms. The number of ether oxygens (including phenoxy) is 1. The molecular weight excluding hydrogens is 266 g/mol. The zero-order valence-corrected chi connectivity index (χ0v) is 11.1. The van der Waals surface area contributed by atoms with Gasteiger partial charge in [-0.1, -0.05) is 15.9 Å². The van der Waals surface area contributed by atoms with Gasteiger partial charge >= 0.3 is 0 Å². The molecule has 0 unspecified atom stereocenters. The number of benzene rings is 1. The number of hydrogen-bond acceptors (Lipinski definition) is 2. The first kappa shape index (κ1) is 11.9. The van der Waals surface area contributed by atoms with Crippen molar-refractivity contribution < 1.29 is 4.74 Å². The summed E-state index contributed by atoms with van der Waals surface area (Å²) in [7, 11) is 0. The largest absolute Gasteiger partial charge is 0.493 e. The molecule has 2 nitrogen and oxygen atoms in total. The van der Waals surface area contributed by atoms with Gasteiger partial charge in [0.05, 0.1) is 6.61 Å². The van der Waals surface area contributed by atoms with Crippen LogP contribution in [0.1, 0.15) is 30.4 Å². The molecule has 0 fully saturated rings. The fraction of sp³-hybridized carbons (Fsp3) is 0.538. The Morgan fingerprint density at radius 2 is 2.19 bits per heavy atom. The van der Waals surface area contributed by atoms with Crippen molar-refractivity contribution in [3.63, 3.8) is 0 Å². The predicted octanol–water partition coefficient (Wildman–Crippen LogP) is 3.06. The minimum absolute atomic E-state index is 0.737. The summed E-state index contributed by atoms with van der Waals surface area (Å²) in [6.07, 6.45) is 5.54. The molecule has 0 bridgehead atoms. The Balaban J connectivity index is 2.31. The van der Waals surface area contributed by atoms with E-state index in [1.54, 1.807) is 0 Å². The molecule has 0 saturated carbocycles. The van der Waals surface area contributed by atoms with Gasteiger partial charge in [-0.2, -0.15) is 0 Å². The van der Waals surface area contributed by atoms with Gasteiger partial charge in [0.2, 0.25) is 0 Å². The molecule has 0 atom stereocenters.